The summed E-state index contributed by atoms with van der Waals surface area (Å²) in [6, 6.07) is 7.10. The Balaban J connectivity index is 0.00000242. The highest BCUT2D eigenvalue weighted by Gasteiger charge is 2.24. The molecule has 1 aliphatic heterocycles. The van der Waals surface area contributed by atoms with Gasteiger partial charge in [-0.05, 0) is 45.9 Å². The summed E-state index contributed by atoms with van der Waals surface area (Å²) in [6.07, 6.45) is 0.836. The minimum absolute atomic E-state index is 0. The van der Waals surface area contributed by atoms with Crippen molar-refractivity contribution in [3.8, 4) is 0 Å². The number of carbonyl (C=O) groups excluding carboxylic acids is 2. The average molecular weight is 326 g/mol. The molecule has 0 radical (unpaired) electrons. The molecule has 0 bridgehead atoms. The molecule has 1 aliphatic rings. The smallest absolute Gasteiger partial charge is 0.253 e. The third-order valence-electron chi connectivity index (χ3n) is 3.35. The molecule has 1 heterocycles. The molecule has 0 aromatic heterocycles. The van der Waals surface area contributed by atoms with Crippen LogP contribution in [0.25, 0.3) is 0 Å². The van der Waals surface area contributed by atoms with Crippen molar-refractivity contribution in [1.29, 1.82) is 0 Å². The number of nitrogens with one attached hydrogen (secondary N) is 3. The van der Waals surface area contributed by atoms with Gasteiger partial charge >= 0.3 is 0 Å². The SMILES string of the molecule is CC(C)(C)NC(=O)c1ccccc1NC(=O)C1CCNC1.Cl. The van der Waals surface area contributed by atoms with Gasteiger partial charge in [-0.15, -0.1) is 12.4 Å². The van der Waals surface area contributed by atoms with Gasteiger partial charge in [0.15, 0.2) is 0 Å². The predicted molar refractivity (Wildman–Crippen MR) is 90.5 cm³/mol. The summed E-state index contributed by atoms with van der Waals surface area (Å²) in [4.78, 5) is 24.5. The van der Waals surface area contributed by atoms with Crippen LogP contribution in [0.3, 0.4) is 0 Å². The monoisotopic (exact) mass is 325 g/mol. The summed E-state index contributed by atoms with van der Waals surface area (Å²) in [5.74, 6) is -0.234. The molecule has 1 fully saturated rings. The Kier molecular flexibility index (Phi) is 6.38. The summed E-state index contributed by atoms with van der Waals surface area (Å²) < 4.78 is 0. The second-order valence-electron chi connectivity index (χ2n) is 6.43. The molecule has 2 amide bonds. The maximum Gasteiger partial charge on any atom is 0.253 e. The van der Waals surface area contributed by atoms with E-state index in [9.17, 15) is 9.59 Å². The Labute approximate surface area is 137 Å². The molecule has 3 N–H and O–H groups in total. The summed E-state index contributed by atoms with van der Waals surface area (Å²) in [6.45, 7) is 7.34. The minimum Gasteiger partial charge on any atom is -0.347 e. The zero-order chi connectivity index (χ0) is 15.5. The van der Waals surface area contributed by atoms with Crippen LogP contribution in [-0.4, -0.2) is 30.4 Å². The zero-order valence-corrected chi connectivity index (χ0v) is 14.0. The number of hydrogen-bond acceptors (Lipinski definition) is 3. The van der Waals surface area contributed by atoms with Crippen LogP contribution >= 0.6 is 12.4 Å². The Morgan fingerprint density at radius 1 is 1.23 bits per heavy atom. The number of benzene rings is 1. The van der Waals surface area contributed by atoms with E-state index in [1.54, 1.807) is 18.2 Å². The van der Waals surface area contributed by atoms with E-state index >= 15 is 0 Å². The van der Waals surface area contributed by atoms with Gasteiger partial charge in [0, 0.05) is 12.1 Å². The molecule has 6 heteroatoms. The van der Waals surface area contributed by atoms with Crippen LogP contribution < -0.4 is 16.0 Å². The van der Waals surface area contributed by atoms with Crippen molar-refractivity contribution in [3.63, 3.8) is 0 Å². The molecule has 2 rings (SSSR count). The number of anilines is 1. The Morgan fingerprint density at radius 3 is 2.50 bits per heavy atom. The first-order valence-electron chi connectivity index (χ1n) is 7.30. The number of amides is 2. The normalized spacial score (nSPS) is 17.5. The van der Waals surface area contributed by atoms with E-state index in [1.165, 1.54) is 0 Å². The van der Waals surface area contributed by atoms with E-state index in [2.05, 4.69) is 16.0 Å². The van der Waals surface area contributed by atoms with E-state index < -0.39 is 0 Å². The van der Waals surface area contributed by atoms with Gasteiger partial charge in [0.1, 0.15) is 0 Å². The third-order valence-corrected chi connectivity index (χ3v) is 3.35. The maximum absolute atomic E-state index is 12.3. The highest BCUT2D eigenvalue weighted by atomic mass is 35.5. The van der Waals surface area contributed by atoms with Crippen LogP contribution in [0, 0.1) is 5.92 Å². The van der Waals surface area contributed by atoms with Gasteiger partial charge in [0.05, 0.1) is 17.2 Å². The second-order valence-corrected chi connectivity index (χ2v) is 6.43. The molecule has 22 heavy (non-hydrogen) atoms. The number of carbonyl (C=O) groups is 2. The molecule has 1 saturated heterocycles. The van der Waals surface area contributed by atoms with Crippen LogP contribution in [0.4, 0.5) is 5.69 Å². The van der Waals surface area contributed by atoms with Crippen molar-refractivity contribution < 1.29 is 9.59 Å². The lowest BCUT2D eigenvalue weighted by atomic mass is 10.1. The minimum atomic E-state index is -0.316. The second kappa shape index (κ2) is 7.61. The molecular formula is C16H24ClN3O2. The van der Waals surface area contributed by atoms with E-state index in [0.717, 1.165) is 13.0 Å². The van der Waals surface area contributed by atoms with Crippen LogP contribution in [0.5, 0.6) is 0 Å². The fourth-order valence-corrected chi connectivity index (χ4v) is 2.31. The molecule has 0 saturated carbocycles. The number of rotatable bonds is 3. The summed E-state index contributed by atoms with van der Waals surface area (Å²) >= 11 is 0. The van der Waals surface area contributed by atoms with Gasteiger partial charge < -0.3 is 16.0 Å². The van der Waals surface area contributed by atoms with Crippen molar-refractivity contribution >= 4 is 29.9 Å². The fraction of sp³-hybridized carbons (Fsp3) is 0.500. The van der Waals surface area contributed by atoms with E-state index in [-0.39, 0.29) is 35.7 Å². The first kappa shape index (κ1) is 18.5. The van der Waals surface area contributed by atoms with Crippen molar-refractivity contribution in [3.05, 3.63) is 29.8 Å². The first-order valence-corrected chi connectivity index (χ1v) is 7.30. The van der Waals surface area contributed by atoms with Gasteiger partial charge in [-0.2, -0.15) is 0 Å². The molecule has 5 nitrogen and oxygen atoms in total. The topological polar surface area (TPSA) is 70.2 Å². The standard InChI is InChI=1S/C16H23N3O2.ClH/c1-16(2,3)19-15(21)12-6-4-5-7-13(12)18-14(20)11-8-9-17-10-11;/h4-7,11,17H,8-10H2,1-3H3,(H,18,20)(H,19,21);1H. The van der Waals surface area contributed by atoms with Gasteiger partial charge in [-0.3, -0.25) is 9.59 Å². The molecule has 1 aromatic carbocycles. The zero-order valence-electron chi connectivity index (χ0n) is 13.2. The van der Waals surface area contributed by atoms with Crippen molar-refractivity contribution in [1.82, 2.24) is 10.6 Å². The lowest BCUT2D eigenvalue weighted by molar-refractivity contribution is -0.119. The van der Waals surface area contributed by atoms with E-state index in [1.807, 2.05) is 26.8 Å². The number of hydrogen-bond donors (Lipinski definition) is 3. The first-order chi connectivity index (χ1) is 9.87. The Morgan fingerprint density at radius 2 is 1.91 bits per heavy atom. The summed E-state index contributed by atoms with van der Waals surface area (Å²) in [5.41, 5.74) is 0.742. The van der Waals surface area contributed by atoms with Gasteiger partial charge in [0.25, 0.3) is 5.91 Å². The molecule has 122 valence electrons. The van der Waals surface area contributed by atoms with Gasteiger partial charge in [-0.1, -0.05) is 12.1 Å². The number of para-hydroxylation sites is 1. The fourth-order valence-electron chi connectivity index (χ4n) is 2.31. The van der Waals surface area contributed by atoms with Crippen LogP contribution in [0.1, 0.15) is 37.6 Å². The highest BCUT2D eigenvalue weighted by Crippen LogP contribution is 2.18. The van der Waals surface area contributed by atoms with E-state index in [0.29, 0.717) is 17.8 Å². The molecule has 1 aromatic rings. The van der Waals surface area contributed by atoms with Crippen molar-refractivity contribution in [2.45, 2.75) is 32.7 Å². The summed E-state index contributed by atoms with van der Waals surface area (Å²) in [7, 11) is 0. The lowest BCUT2D eigenvalue weighted by Crippen LogP contribution is -2.41. The average Bonchev–Trinajstić information content (AvgIpc) is 2.91. The van der Waals surface area contributed by atoms with Crippen molar-refractivity contribution in [2.24, 2.45) is 5.92 Å². The Hall–Kier alpha value is -1.59. The van der Waals surface area contributed by atoms with Crippen LogP contribution in [-0.2, 0) is 4.79 Å². The molecule has 0 aliphatic carbocycles. The van der Waals surface area contributed by atoms with Crippen molar-refractivity contribution in [2.75, 3.05) is 18.4 Å². The van der Waals surface area contributed by atoms with Gasteiger partial charge in [-0.25, -0.2) is 0 Å². The molecule has 1 atom stereocenters. The van der Waals surface area contributed by atoms with Gasteiger partial charge in [0.2, 0.25) is 5.91 Å². The maximum atomic E-state index is 12.3. The summed E-state index contributed by atoms with van der Waals surface area (Å²) in [5, 5.41) is 8.96. The molecular weight excluding hydrogens is 302 g/mol. The highest BCUT2D eigenvalue weighted by molar-refractivity contribution is 6.04. The van der Waals surface area contributed by atoms with Crippen LogP contribution in [0.15, 0.2) is 24.3 Å². The largest absolute Gasteiger partial charge is 0.347 e. The third kappa shape index (κ3) is 5.00. The Bertz CT molecular complexity index is 534. The number of halogens is 1. The van der Waals surface area contributed by atoms with Crippen LogP contribution in [0.2, 0.25) is 0 Å². The molecule has 0 spiro atoms. The molecule has 1 unspecified atom stereocenters. The van der Waals surface area contributed by atoms with E-state index in [4.69, 9.17) is 0 Å². The lowest BCUT2D eigenvalue weighted by Gasteiger charge is -2.21. The predicted octanol–water partition coefficient (Wildman–Crippen LogP) is 2.18. The quantitative estimate of drug-likeness (QED) is 0.797.